The summed E-state index contributed by atoms with van der Waals surface area (Å²) in [6, 6.07) is 9.64. The minimum Gasteiger partial charge on any atom is -0.477 e. The van der Waals surface area contributed by atoms with Crippen LogP contribution in [0.4, 0.5) is 15.8 Å². The molecule has 2 aromatic carbocycles. The first-order valence-corrected chi connectivity index (χ1v) is 5.97. The van der Waals surface area contributed by atoms with Crippen molar-refractivity contribution in [3.63, 3.8) is 0 Å². The van der Waals surface area contributed by atoms with Gasteiger partial charge in [-0.25, -0.2) is 9.18 Å². The molecule has 2 N–H and O–H groups in total. The molecule has 0 saturated heterocycles. The lowest BCUT2D eigenvalue weighted by Crippen LogP contribution is -2.05. The average molecular weight is 290 g/mol. The number of benzene rings is 2. The second-order valence-corrected chi connectivity index (χ2v) is 4.28. The van der Waals surface area contributed by atoms with Crippen LogP contribution >= 0.6 is 0 Å². The Labute approximate surface area is 119 Å². The Morgan fingerprint density at radius 1 is 1.29 bits per heavy atom. The first-order chi connectivity index (χ1) is 9.97. The molecule has 0 bridgehead atoms. The van der Waals surface area contributed by atoms with Crippen LogP contribution in [-0.2, 0) is 6.54 Å². The van der Waals surface area contributed by atoms with Crippen molar-refractivity contribution in [2.45, 2.75) is 6.54 Å². The number of nitro groups is 1. The van der Waals surface area contributed by atoms with E-state index in [0.29, 0.717) is 11.3 Å². The minimum absolute atomic E-state index is 0.272. The molecule has 0 aromatic heterocycles. The van der Waals surface area contributed by atoms with Crippen molar-refractivity contribution in [2.75, 3.05) is 5.32 Å². The lowest BCUT2D eigenvalue weighted by atomic mass is 10.1. The molecule has 0 spiro atoms. The van der Waals surface area contributed by atoms with Gasteiger partial charge in [0, 0.05) is 18.3 Å². The molecular formula is C14H11FN2O4. The summed E-state index contributed by atoms with van der Waals surface area (Å²) in [5.74, 6) is -1.75. The van der Waals surface area contributed by atoms with Crippen LogP contribution in [0, 0.1) is 15.9 Å². The molecule has 0 unspecified atom stereocenters. The summed E-state index contributed by atoms with van der Waals surface area (Å²) in [6.07, 6.45) is 0. The number of carboxylic acid groups (broad SMARTS) is 1. The van der Waals surface area contributed by atoms with Gasteiger partial charge in [0.15, 0.2) is 0 Å². The Balaban J connectivity index is 2.19. The Bertz CT molecular complexity index is 703. The van der Waals surface area contributed by atoms with Gasteiger partial charge in [0.05, 0.1) is 4.92 Å². The summed E-state index contributed by atoms with van der Waals surface area (Å²) in [5.41, 5.74) is 0.204. The van der Waals surface area contributed by atoms with Crippen LogP contribution in [0.3, 0.4) is 0 Å². The van der Waals surface area contributed by atoms with Crippen LogP contribution in [0.25, 0.3) is 0 Å². The van der Waals surface area contributed by atoms with Gasteiger partial charge in [-0.1, -0.05) is 12.1 Å². The van der Waals surface area contributed by atoms with Gasteiger partial charge in [-0.05, 0) is 29.8 Å². The van der Waals surface area contributed by atoms with Crippen LogP contribution in [0.15, 0.2) is 42.5 Å². The van der Waals surface area contributed by atoms with Crippen molar-refractivity contribution in [3.8, 4) is 0 Å². The van der Waals surface area contributed by atoms with E-state index in [4.69, 9.17) is 5.11 Å². The fourth-order valence-electron chi connectivity index (χ4n) is 1.83. The summed E-state index contributed by atoms with van der Waals surface area (Å²) >= 11 is 0. The summed E-state index contributed by atoms with van der Waals surface area (Å²) in [7, 11) is 0. The number of hydrogen-bond donors (Lipinski definition) is 2. The lowest BCUT2D eigenvalue weighted by Gasteiger charge is -2.08. The van der Waals surface area contributed by atoms with E-state index in [2.05, 4.69) is 5.32 Å². The molecule has 0 heterocycles. The largest absolute Gasteiger partial charge is 0.477 e. The predicted molar refractivity (Wildman–Crippen MR) is 73.8 cm³/mol. The van der Waals surface area contributed by atoms with Crippen molar-refractivity contribution >= 4 is 17.3 Å². The van der Waals surface area contributed by atoms with Crippen molar-refractivity contribution in [1.29, 1.82) is 0 Å². The number of aromatic carboxylic acids is 1. The molecule has 0 atom stereocenters. The smallest absolute Gasteiger partial charge is 0.342 e. The fraction of sp³-hybridized carbons (Fsp3) is 0.0714. The van der Waals surface area contributed by atoms with E-state index in [9.17, 15) is 19.3 Å². The van der Waals surface area contributed by atoms with E-state index < -0.39 is 22.1 Å². The molecule has 6 nitrogen and oxygen atoms in total. The molecule has 21 heavy (non-hydrogen) atoms. The van der Waals surface area contributed by atoms with Gasteiger partial charge in [-0.2, -0.15) is 0 Å². The first-order valence-electron chi connectivity index (χ1n) is 5.97. The molecule has 7 heteroatoms. The average Bonchev–Trinajstić information content (AvgIpc) is 2.44. The molecule has 2 aromatic rings. The normalized spacial score (nSPS) is 10.1. The highest BCUT2D eigenvalue weighted by Gasteiger charge is 2.19. The number of carbonyl (C=O) groups is 1. The monoisotopic (exact) mass is 290 g/mol. The molecule has 0 radical (unpaired) electrons. The van der Waals surface area contributed by atoms with Crippen molar-refractivity contribution in [2.24, 2.45) is 0 Å². The van der Waals surface area contributed by atoms with E-state index >= 15 is 0 Å². The van der Waals surface area contributed by atoms with Crippen molar-refractivity contribution in [1.82, 2.24) is 0 Å². The molecule has 0 aliphatic rings. The number of nitro benzene ring substituents is 1. The molecule has 0 amide bonds. The van der Waals surface area contributed by atoms with E-state index in [0.717, 1.165) is 6.07 Å². The van der Waals surface area contributed by atoms with Crippen LogP contribution in [-0.4, -0.2) is 16.0 Å². The zero-order valence-electron chi connectivity index (χ0n) is 10.7. The second-order valence-electron chi connectivity index (χ2n) is 4.28. The number of halogens is 1. The molecule has 0 saturated carbocycles. The highest BCUT2D eigenvalue weighted by atomic mass is 19.1. The van der Waals surface area contributed by atoms with Gasteiger partial charge in [0.25, 0.3) is 5.69 Å². The Kier molecular flexibility index (Phi) is 4.13. The van der Waals surface area contributed by atoms with Gasteiger partial charge in [-0.3, -0.25) is 10.1 Å². The molecule has 2 rings (SSSR count). The standard InChI is InChI=1S/C14H11FN2O4/c15-10-3-1-2-9(6-10)8-16-11-4-5-13(17(20)21)12(7-11)14(18)19/h1-7,16H,8H2,(H,18,19). The van der Waals surface area contributed by atoms with Crippen molar-refractivity contribution in [3.05, 3.63) is 69.5 Å². The number of anilines is 1. The lowest BCUT2D eigenvalue weighted by molar-refractivity contribution is -0.385. The SMILES string of the molecule is O=C(O)c1cc(NCc2cccc(F)c2)ccc1[N+](=O)[O-]. The summed E-state index contributed by atoms with van der Waals surface area (Å²) in [5, 5.41) is 22.6. The minimum atomic E-state index is -1.38. The van der Waals surface area contributed by atoms with Gasteiger partial charge in [0.1, 0.15) is 11.4 Å². The summed E-state index contributed by atoms with van der Waals surface area (Å²) in [6.45, 7) is 0.272. The molecule has 0 aliphatic carbocycles. The van der Waals surface area contributed by atoms with Gasteiger partial charge in [0.2, 0.25) is 0 Å². The molecule has 108 valence electrons. The number of carboxylic acids is 1. The Hall–Kier alpha value is -2.96. The highest BCUT2D eigenvalue weighted by Crippen LogP contribution is 2.23. The fourth-order valence-corrected chi connectivity index (χ4v) is 1.83. The van der Waals surface area contributed by atoms with E-state index in [1.54, 1.807) is 12.1 Å². The number of nitrogens with zero attached hydrogens (tertiary/aromatic N) is 1. The van der Waals surface area contributed by atoms with Crippen LogP contribution in [0.1, 0.15) is 15.9 Å². The quantitative estimate of drug-likeness (QED) is 0.652. The van der Waals surface area contributed by atoms with E-state index in [-0.39, 0.29) is 12.4 Å². The summed E-state index contributed by atoms with van der Waals surface area (Å²) < 4.78 is 13.0. The molecule has 0 aliphatic heterocycles. The zero-order chi connectivity index (χ0) is 15.4. The van der Waals surface area contributed by atoms with Gasteiger partial charge < -0.3 is 10.4 Å². The zero-order valence-corrected chi connectivity index (χ0v) is 10.7. The third kappa shape index (κ3) is 3.53. The van der Waals surface area contributed by atoms with Crippen LogP contribution in [0.5, 0.6) is 0 Å². The van der Waals surface area contributed by atoms with Gasteiger partial charge in [-0.15, -0.1) is 0 Å². The topological polar surface area (TPSA) is 92.5 Å². The van der Waals surface area contributed by atoms with E-state index in [1.165, 1.54) is 24.3 Å². The van der Waals surface area contributed by atoms with Crippen LogP contribution in [0.2, 0.25) is 0 Å². The van der Waals surface area contributed by atoms with Gasteiger partial charge >= 0.3 is 5.97 Å². The van der Waals surface area contributed by atoms with Crippen LogP contribution < -0.4 is 5.32 Å². The number of nitrogens with one attached hydrogen (secondary N) is 1. The number of rotatable bonds is 5. The highest BCUT2D eigenvalue weighted by molar-refractivity contribution is 5.93. The number of hydrogen-bond acceptors (Lipinski definition) is 4. The third-order valence-electron chi connectivity index (χ3n) is 2.81. The van der Waals surface area contributed by atoms with E-state index in [1.807, 2.05) is 0 Å². The predicted octanol–water partition coefficient (Wildman–Crippen LogP) is 3.04. The first kappa shape index (κ1) is 14.4. The maximum atomic E-state index is 13.0. The Morgan fingerprint density at radius 2 is 2.05 bits per heavy atom. The maximum absolute atomic E-state index is 13.0. The molecule has 0 fully saturated rings. The summed E-state index contributed by atoms with van der Waals surface area (Å²) in [4.78, 5) is 21.0. The van der Waals surface area contributed by atoms with Crippen molar-refractivity contribution < 1.29 is 19.2 Å². The second kappa shape index (κ2) is 6.00. The maximum Gasteiger partial charge on any atom is 0.342 e. The third-order valence-corrected chi connectivity index (χ3v) is 2.81. The molecular weight excluding hydrogens is 279 g/mol. The Morgan fingerprint density at radius 3 is 2.67 bits per heavy atom.